The van der Waals surface area contributed by atoms with Crippen LogP contribution in [0.1, 0.15) is 6.42 Å². The fourth-order valence-electron chi connectivity index (χ4n) is 3.61. The molecule has 2 aromatic carbocycles. The molecule has 34 heavy (non-hydrogen) atoms. The summed E-state index contributed by atoms with van der Waals surface area (Å²) in [7, 11) is 3.07. The minimum absolute atomic E-state index is 0.0152. The molecule has 0 saturated carbocycles. The van der Waals surface area contributed by atoms with Gasteiger partial charge in [-0.3, -0.25) is 19.7 Å². The van der Waals surface area contributed by atoms with Crippen LogP contribution in [0.3, 0.4) is 0 Å². The molecule has 1 aliphatic rings. The van der Waals surface area contributed by atoms with Crippen LogP contribution in [0.15, 0.2) is 41.8 Å². The lowest BCUT2D eigenvalue weighted by Gasteiger charge is -2.16. The summed E-state index contributed by atoms with van der Waals surface area (Å²) in [6.45, 7) is 0.0152. The highest BCUT2D eigenvalue weighted by Gasteiger charge is 2.36. The van der Waals surface area contributed by atoms with Gasteiger partial charge in [-0.1, -0.05) is 0 Å². The number of nitro groups is 1. The number of nitrogens with zero attached hydrogens (tertiary/aromatic N) is 3. The van der Waals surface area contributed by atoms with E-state index in [1.54, 1.807) is 24.6 Å². The van der Waals surface area contributed by atoms with Gasteiger partial charge >= 0.3 is 5.69 Å². The van der Waals surface area contributed by atoms with Crippen LogP contribution in [0.25, 0.3) is 11.3 Å². The molecule has 0 bridgehead atoms. The van der Waals surface area contributed by atoms with E-state index < -0.39 is 28.3 Å². The number of amides is 2. The summed E-state index contributed by atoms with van der Waals surface area (Å²) in [4.78, 5) is 41.0. The van der Waals surface area contributed by atoms with Gasteiger partial charge in [0.15, 0.2) is 16.6 Å². The predicted octanol–water partition coefficient (Wildman–Crippen LogP) is 3.87. The van der Waals surface area contributed by atoms with E-state index in [4.69, 9.17) is 9.47 Å². The van der Waals surface area contributed by atoms with Gasteiger partial charge in [-0.15, -0.1) is 11.3 Å². The van der Waals surface area contributed by atoms with E-state index in [0.29, 0.717) is 22.3 Å². The summed E-state index contributed by atoms with van der Waals surface area (Å²) in [5.41, 5.74) is 0.834. The van der Waals surface area contributed by atoms with Crippen molar-refractivity contribution in [1.82, 2.24) is 4.98 Å². The van der Waals surface area contributed by atoms with Gasteiger partial charge < -0.3 is 19.7 Å². The molecule has 10 nitrogen and oxygen atoms in total. The maximum atomic E-state index is 13.6. The van der Waals surface area contributed by atoms with Gasteiger partial charge in [0.05, 0.1) is 36.4 Å². The van der Waals surface area contributed by atoms with E-state index in [1.807, 2.05) is 6.07 Å². The molecular weight excluding hydrogens is 467 g/mol. The molecule has 176 valence electrons. The number of methoxy groups -OCH3 is 2. The highest BCUT2D eigenvalue weighted by Crippen LogP contribution is 2.34. The number of aromatic nitrogens is 1. The van der Waals surface area contributed by atoms with Crippen molar-refractivity contribution in [3.05, 3.63) is 57.7 Å². The number of nitro benzene ring substituents is 1. The average molecular weight is 486 g/mol. The van der Waals surface area contributed by atoms with Gasteiger partial charge in [0.2, 0.25) is 17.6 Å². The third-order valence-electron chi connectivity index (χ3n) is 5.35. The smallest absolute Gasteiger partial charge is 0.306 e. The number of carbonyl (C=O) groups is 2. The second kappa shape index (κ2) is 9.43. The lowest BCUT2D eigenvalue weighted by molar-refractivity contribution is -0.387. The van der Waals surface area contributed by atoms with Crippen LogP contribution >= 0.6 is 11.3 Å². The zero-order valence-corrected chi connectivity index (χ0v) is 18.9. The van der Waals surface area contributed by atoms with Crippen LogP contribution in [0.4, 0.5) is 20.9 Å². The molecule has 2 heterocycles. The highest BCUT2D eigenvalue weighted by atomic mass is 32.1. The van der Waals surface area contributed by atoms with Crippen molar-refractivity contribution >= 4 is 39.7 Å². The Morgan fingerprint density at radius 3 is 2.71 bits per heavy atom. The monoisotopic (exact) mass is 486 g/mol. The Labute approximate surface area is 197 Å². The minimum Gasteiger partial charge on any atom is -0.493 e. The average Bonchev–Trinajstić information content (AvgIpc) is 3.45. The number of benzene rings is 2. The van der Waals surface area contributed by atoms with Gasteiger partial charge in [-0.2, -0.15) is 4.39 Å². The molecule has 1 fully saturated rings. The summed E-state index contributed by atoms with van der Waals surface area (Å²) >= 11 is 1.23. The Balaban J connectivity index is 1.45. The Morgan fingerprint density at radius 2 is 2.00 bits per heavy atom. The van der Waals surface area contributed by atoms with Gasteiger partial charge in [-0.25, -0.2) is 4.98 Å². The maximum absolute atomic E-state index is 13.6. The van der Waals surface area contributed by atoms with E-state index in [-0.39, 0.29) is 24.6 Å². The second-order valence-corrected chi connectivity index (χ2v) is 8.25. The number of thiazole rings is 1. The van der Waals surface area contributed by atoms with Crippen molar-refractivity contribution in [1.29, 1.82) is 0 Å². The predicted molar refractivity (Wildman–Crippen MR) is 123 cm³/mol. The molecular formula is C22H19FN4O6S. The molecule has 2 amide bonds. The lowest BCUT2D eigenvalue weighted by atomic mass is 10.1. The fraction of sp³-hybridized carbons (Fsp3) is 0.227. The number of halogens is 1. The third-order valence-corrected chi connectivity index (χ3v) is 6.11. The number of carbonyl (C=O) groups excluding carboxylic acids is 2. The van der Waals surface area contributed by atoms with Crippen LogP contribution in [-0.4, -0.2) is 42.5 Å². The van der Waals surface area contributed by atoms with Crippen LogP contribution in [0, 0.1) is 21.8 Å². The Bertz CT molecular complexity index is 1280. The fourth-order valence-corrected chi connectivity index (χ4v) is 4.33. The summed E-state index contributed by atoms with van der Waals surface area (Å²) in [5, 5.41) is 15.9. The Morgan fingerprint density at radius 1 is 1.24 bits per heavy atom. The Kier molecular flexibility index (Phi) is 6.41. The number of ether oxygens (including phenoxy) is 2. The van der Waals surface area contributed by atoms with Crippen molar-refractivity contribution < 1.29 is 28.4 Å². The summed E-state index contributed by atoms with van der Waals surface area (Å²) < 4.78 is 24.2. The molecule has 4 rings (SSSR count). The van der Waals surface area contributed by atoms with E-state index >= 15 is 0 Å². The molecule has 1 N–H and O–H groups in total. The molecule has 12 heteroatoms. The standard InChI is InChI=1S/C22H19FN4O6S/c1-32-18-6-3-12(7-19(18)33-2)16-11-34-22(24-16)25-21(29)13-8-20(28)26(10-13)14-4-5-15(23)17(9-14)27(30)31/h3-7,9,11,13H,8,10H2,1-2H3,(H,24,25,29). The van der Waals surface area contributed by atoms with Gasteiger partial charge in [0, 0.05) is 30.0 Å². The first kappa shape index (κ1) is 23.1. The zero-order chi connectivity index (χ0) is 24.4. The largest absolute Gasteiger partial charge is 0.493 e. The molecule has 0 radical (unpaired) electrons. The van der Waals surface area contributed by atoms with Gasteiger partial charge in [0.25, 0.3) is 0 Å². The van der Waals surface area contributed by atoms with E-state index in [9.17, 15) is 24.1 Å². The zero-order valence-electron chi connectivity index (χ0n) is 18.1. The van der Waals surface area contributed by atoms with Gasteiger partial charge in [0.1, 0.15) is 0 Å². The molecule has 1 aliphatic heterocycles. The van der Waals surface area contributed by atoms with Crippen molar-refractivity contribution in [2.24, 2.45) is 5.92 Å². The van der Waals surface area contributed by atoms with Gasteiger partial charge in [-0.05, 0) is 30.3 Å². The van der Waals surface area contributed by atoms with Crippen LogP contribution in [-0.2, 0) is 9.59 Å². The van der Waals surface area contributed by atoms with Crippen molar-refractivity contribution in [2.75, 3.05) is 31.0 Å². The number of anilines is 2. The molecule has 1 saturated heterocycles. The molecule has 0 aliphatic carbocycles. The van der Waals surface area contributed by atoms with Crippen molar-refractivity contribution in [3.8, 4) is 22.8 Å². The minimum atomic E-state index is -0.997. The number of rotatable bonds is 7. The highest BCUT2D eigenvalue weighted by molar-refractivity contribution is 7.14. The quantitative estimate of drug-likeness (QED) is 0.397. The normalized spacial score (nSPS) is 15.3. The number of hydrogen-bond acceptors (Lipinski definition) is 8. The first-order chi connectivity index (χ1) is 16.3. The van der Waals surface area contributed by atoms with Crippen molar-refractivity contribution in [2.45, 2.75) is 6.42 Å². The number of hydrogen-bond donors (Lipinski definition) is 1. The van der Waals surface area contributed by atoms with E-state index in [1.165, 1.54) is 29.4 Å². The number of nitrogens with one attached hydrogen (secondary N) is 1. The molecule has 0 spiro atoms. The summed E-state index contributed by atoms with van der Waals surface area (Å²) in [6.07, 6.45) is -0.0785. The van der Waals surface area contributed by atoms with E-state index in [0.717, 1.165) is 17.7 Å². The van der Waals surface area contributed by atoms with Crippen LogP contribution < -0.4 is 19.7 Å². The Hall–Kier alpha value is -4.06. The molecule has 1 atom stereocenters. The van der Waals surface area contributed by atoms with Crippen LogP contribution in [0.2, 0.25) is 0 Å². The van der Waals surface area contributed by atoms with Crippen LogP contribution in [0.5, 0.6) is 11.5 Å². The SMILES string of the molecule is COc1ccc(-c2csc(NC(=O)C3CC(=O)N(c4ccc(F)c([N+](=O)[O-])c4)C3)n2)cc1OC. The lowest BCUT2D eigenvalue weighted by Crippen LogP contribution is -2.28. The van der Waals surface area contributed by atoms with E-state index in [2.05, 4.69) is 10.3 Å². The summed E-state index contributed by atoms with van der Waals surface area (Å²) in [6, 6.07) is 8.54. The molecule has 1 unspecified atom stereocenters. The second-order valence-electron chi connectivity index (χ2n) is 7.40. The molecule has 1 aromatic heterocycles. The molecule has 3 aromatic rings. The first-order valence-corrected chi connectivity index (χ1v) is 10.9. The van der Waals surface area contributed by atoms with Crippen molar-refractivity contribution in [3.63, 3.8) is 0 Å². The topological polar surface area (TPSA) is 124 Å². The third kappa shape index (κ3) is 4.53. The first-order valence-electron chi connectivity index (χ1n) is 10.0. The maximum Gasteiger partial charge on any atom is 0.306 e. The summed E-state index contributed by atoms with van der Waals surface area (Å²) in [5.74, 6) is -1.35.